The normalized spacial score (nSPS) is 10.8. The first-order valence-electron chi connectivity index (χ1n) is 11.8. The number of hydrogen-bond acceptors (Lipinski definition) is 6. The summed E-state index contributed by atoms with van der Waals surface area (Å²) in [5.74, 6) is 1.92. The molecule has 1 aromatic heterocycles. The van der Waals surface area contributed by atoms with E-state index in [9.17, 15) is 4.79 Å². The third-order valence-corrected chi connectivity index (χ3v) is 6.01. The van der Waals surface area contributed by atoms with E-state index in [1.54, 1.807) is 37.4 Å². The van der Waals surface area contributed by atoms with Crippen LogP contribution in [0.15, 0.2) is 106 Å². The van der Waals surface area contributed by atoms with Crippen molar-refractivity contribution in [3.63, 3.8) is 0 Å². The lowest BCUT2D eigenvalue weighted by Gasteiger charge is -2.17. The zero-order chi connectivity index (χ0) is 25.6. The summed E-state index contributed by atoms with van der Waals surface area (Å²) in [6.07, 6.45) is 1.44. The summed E-state index contributed by atoms with van der Waals surface area (Å²) in [6, 6.07) is 28.4. The Morgan fingerprint density at radius 1 is 0.676 bits per heavy atom. The van der Waals surface area contributed by atoms with Crippen molar-refractivity contribution in [2.75, 3.05) is 14.2 Å². The summed E-state index contributed by atoms with van der Waals surface area (Å²) in [6.45, 7) is 0.735. The predicted octanol–water partition coefficient (Wildman–Crippen LogP) is 6.64. The molecule has 0 atom stereocenters. The van der Waals surface area contributed by atoms with Gasteiger partial charge in [0.25, 0.3) is 0 Å². The Balaban J connectivity index is 1.48. The van der Waals surface area contributed by atoms with Crippen molar-refractivity contribution in [3.8, 4) is 34.1 Å². The molecule has 0 bridgehead atoms. The number of hydrogen-bond donors (Lipinski definition) is 0. The van der Waals surface area contributed by atoms with Crippen LogP contribution in [0.3, 0.4) is 0 Å². The highest BCUT2D eigenvalue weighted by Gasteiger charge is 2.21. The first-order valence-corrected chi connectivity index (χ1v) is 11.8. The second-order valence-corrected chi connectivity index (χ2v) is 8.36. The maximum Gasteiger partial charge on any atom is 0.204 e. The van der Waals surface area contributed by atoms with Gasteiger partial charge in [-0.2, -0.15) is 0 Å². The van der Waals surface area contributed by atoms with Gasteiger partial charge in [0.05, 0.1) is 25.2 Å². The van der Waals surface area contributed by atoms with Gasteiger partial charge in [0.2, 0.25) is 11.2 Å². The SMILES string of the molecule is COc1ccc(-c2coc3cc(OCc4ccccc4)ccc3c2=O)c(OC)c1OCc1ccccc1. The summed E-state index contributed by atoms with van der Waals surface area (Å²) < 4.78 is 29.1. The molecule has 5 rings (SSSR count). The topological polar surface area (TPSA) is 67.1 Å². The Kier molecular flexibility index (Phi) is 7.08. The minimum Gasteiger partial charge on any atom is -0.493 e. The van der Waals surface area contributed by atoms with E-state index >= 15 is 0 Å². The molecule has 0 N–H and O–H groups in total. The van der Waals surface area contributed by atoms with Crippen molar-refractivity contribution in [1.82, 2.24) is 0 Å². The van der Waals surface area contributed by atoms with E-state index < -0.39 is 0 Å². The molecular weight excluding hydrogens is 468 g/mol. The zero-order valence-corrected chi connectivity index (χ0v) is 20.6. The first-order chi connectivity index (χ1) is 18.2. The standard InChI is InChI=1S/C31H26O6/c1-33-27-16-15-24(30(34-2)31(27)37-19-22-11-7-4-8-12-22)26-20-36-28-17-23(13-14-25(28)29(26)32)35-18-21-9-5-3-6-10-21/h3-17,20H,18-19H2,1-2H3. The first kappa shape index (κ1) is 24.0. The molecule has 1 heterocycles. The Morgan fingerprint density at radius 2 is 1.35 bits per heavy atom. The number of rotatable bonds is 9. The molecule has 0 radical (unpaired) electrons. The fourth-order valence-corrected chi connectivity index (χ4v) is 4.11. The molecule has 0 aliphatic heterocycles. The molecule has 0 aliphatic rings. The molecule has 5 aromatic rings. The van der Waals surface area contributed by atoms with Gasteiger partial charge in [0.15, 0.2) is 11.5 Å². The molecular formula is C31H26O6. The molecule has 0 aliphatic carbocycles. The number of benzene rings is 4. The van der Waals surface area contributed by atoms with Gasteiger partial charge in [-0.3, -0.25) is 4.79 Å². The van der Waals surface area contributed by atoms with Crippen molar-refractivity contribution in [2.45, 2.75) is 13.2 Å². The molecule has 0 amide bonds. The van der Waals surface area contributed by atoms with Gasteiger partial charge in [-0.1, -0.05) is 60.7 Å². The summed E-state index contributed by atoms with van der Waals surface area (Å²) >= 11 is 0. The highest BCUT2D eigenvalue weighted by molar-refractivity contribution is 5.85. The maximum absolute atomic E-state index is 13.5. The Bertz CT molecular complexity index is 1560. The van der Waals surface area contributed by atoms with Gasteiger partial charge in [-0.15, -0.1) is 0 Å². The van der Waals surface area contributed by atoms with Gasteiger partial charge < -0.3 is 23.4 Å². The molecule has 186 valence electrons. The number of methoxy groups -OCH3 is 2. The van der Waals surface area contributed by atoms with Crippen molar-refractivity contribution >= 4 is 11.0 Å². The summed E-state index contributed by atoms with van der Waals surface area (Å²) in [5.41, 5.74) is 3.20. The highest BCUT2D eigenvalue weighted by atomic mass is 16.5. The summed E-state index contributed by atoms with van der Waals surface area (Å²) in [4.78, 5) is 13.5. The third kappa shape index (κ3) is 5.14. The van der Waals surface area contributed by atoms with Crippen LogP contribution in [0, 0.1) is 0 Å². The van der Waals surface area contributed by atoms with Crippen LogP contribution in [0.25, 0.3) is 22.1 Å². The van der Waals surface area contributed by atoms with Crippen LogP contribution in [0.4, 0.5) is 0 Å². The molecule has 6 heteroatoms. The molecule has 4 aromatic carbocycles. The molecule has 0 fully saturated rings. The molecule has 0 saturated carbocycles. The lowest BCUT2D eigenvalue weighted by molar-refractivity contribution is 0.266. The van der Waals surface area contributed by atoms with Crippen molar-refractivity contribution in [3.05, 3.63) is 119 Å². The van der Waals surface area contributed by atoms with Crippen molar-refractivity contribution < 1.29 is 23.4 Å². The highest BCUT2D eigenvalue weighted by Crippen LogP contribution is 2.44. The van der Waals surface area contributed by atoms with Gasteiger partial charge >= 0.3 is 0 Å². The van der Waals surface area contributed by atoms with E-state index in [1.807, 2.05) is 60.7 Å². The predicted molar refractivity (Wildman–Crippen MR) is 143 cm³/mol. The van der Waals surface area contributed by atoms with Crippen LogP contribution in [-0.4, -0.2) is 14.2 Å². The lowest BCUT2D eigenvalue weighted by Crippen LogP contribution is -2.07. The number of ether oxygens (including phenoxy) is 4. The Hall–Kier alpha value is -4.71. The Morgan fingerprint density at radius 3 is 2.00 bits per heavy atom. The largest absolute Gasteiger partial charge is 0.493 e. The van der Waals surface area contributed by atoms with Gasteiger partial charge in [0.1, 0.15) is 30.8 Å². The fraction of sp³-hybridized carbons (Fsp3) is 0.129. The van der Waals surface area contributed by atoms with E-state index in [4.69, 9.17) is 23.4 Å². The summed E-state index contributed by atoms with van der Waals surface area (Å²) in [5, 5.41) is 0.439. The third-order valence-electron chi connectivity index (χ3n) is 6.01. The van der Waals surface area contributed by atoms with E-state index in [0.717, 1.165) is 11.1 Å². The van der Waals surface area contributed by atoms with Crippen LogP contribution in [0.5, 0.6) is 23.0 Å². The van der Waals surface area contributed by atoms with Crippen LogP contribution in [0.2, 0.25) is 0 Å². The fourth-order valence-electron chi connectivity index (χ4n) is 4.11. The smallest absolute Gasteiger partial charge is 0.204 e. The van der Waals surface area contributed by atoms with E-state index in [1.165, 1.54) is 13.4 Å². The second kappa shape index (κ2) is 10.9. The van der Waals surface area contributed by atoms with Crippen molar-refractivity contribution in [1.29, 1.82) is 0 Å². The van der Waals surface area contributed by atoms with Crippen LogP contribution in [-0.2, 0) is 13.2 Å². The van der Waals surface area contributed by atoms with E-state index in [0.29, 0.717) is 58.3 Å². The molecule has 0 spiro atoms. The molecule has 0 saturated heterocycles. The van der Waals surface area contributed by atoms with Crippen LogP contribution < -0.4 is 24.4 Å². The lowest BCUT2D eigenvalue weighted by atomic mass is 10.0. The average molecular weight is 495 g/mol. The summed E-state index contributed by atoms with van der Waals surface area (Å²) in [7, 11) is 3.10. The van der Waals surface area contributed by atoms with Gasteiger partial charge in [-0.25, -0.2) is 0 Å². The van der Waals surface area contributed by atoms with E-state index in [2.05, 4.69) is 0 Å². The average Bonchev–Trinajstić information content (AvgIpc) is 2.95. The van der Waals surface area contributed by atoms with Crippen LogP contribution in [0.1, 0.15) is 11.1 Å². The van der Waals surface area contributed by atoms with Gasteiger partial charge in [-0.05, 0) is 35.4 Å². The minimum absolute atomic E-state index is 0.187. The van der Waals surface area contributed by atoms with Crippen LogP contribution >= 0.6 is 0 Å². The van der Waals surface area contributed by atoms with Gasteiger partial charge in [0, 0.05) is 11.6 Å². The second-order valence-electron chi connectivity index (χ2n) is 8.36. The quantitative estimate of drug-likeness (QED) is 0.229. The molecule has 6 nitrogen and oxygen atoms in total. The number of fused-ring (bicyclic) bond motifs is 1. The van der Waals surface area contributed by atoms with Crippen molar-refractivity contribution in [2.24, 2.45) is 0 Å². The Labute approximate surface area is 214 Å². The monoisotopic (exact) mass is 494 g/mol. The maximum atomic E-state index is 13.5. The van der Waals surface area contributed by atoms with E-state index in [-0.39, 0.29) is 5.43 Å². The molecule has 37 heavy (non-hydrogen) atoms. The zero-order valence-electron chi connectivity index (χ0n) is 20.6. The molecule has 0 unspecified atom stereocenters. The minimum atomic E-state index is -0.187.